The minimum absolute atomic E-state index is 0.0426. The normalized spacial score (nSPS) is 14.5. The zero-order chi connectivity index (χ0) is 13.5. The van der Waals surface area contributed by atoms with Crippen LogP contribution < -0.4 is 5.32 Å². The van der Waals surface area contributed by atoms with E-state index in [9.17, 15) is 8.78 Å². The van der Waals surface area contributed by atoms with Gasteiger partial charge in [0.2, 0.25) is 0 Å². The van der Waals surface area contributed by atoms with Crippen LogP contribution in [0.1, 0.15) is 25.3 Å². The van der Waals surface area contributed by atoms with E-state index in [-0.39, 0.29) is 24.1 Å². The van der Waals surface area contributed by atoms with Crippen molar-refractivity contribution in [2.24, 2.45) is 0 Å². The molecule has 4 heteroatoms. The van der Waals surface area contributed by atoms with Crippen LogP contribution >= 0.6 is 0 Å². The average molecular weight is 257 g/mol. The molecule has 2 unspecified atom stereocenters. The third kappa shape index (κ3) is 3.75. The van der Waals surface area contributed by atoms with Gasteiger partial charge in [0, 0.05) is 18.7 Å². The molecule has 0 amide bonds. The van der Waals surface area contributed by atoms with Crippen molar-refractivity contribution in [2.75, 3.05) is 14.2 Å². The fourth-order valence-electron chi connectivity index (χ4n) is 2.13. The number of benzene rings is 1. The first kappa shape index (κ1) is 15.1. The van der Waals surface area contributed by atoms with E-state index in [4.69, 9.17) is 4.74 Å². The molecule has 0 spiro atoms. The van der Waals surface area contributed by atoms with Gasteiger partial charge in [-0.15, -0.1) is 0 Å². The molecule has 1 rings (SSSR count). The Bertz CT molecular complexity index is 351. The second-order valence-electron chi connectivity index (χ2n) is 4.36. The minimum atomic E-state index is -0.499. The van der Waals surface area contributed by atoms with Gasteiger partial charge in [-0.3, -0.25) is 0 Å². The van der Waals surface area contributed by atoms with Gasteiger partial charge < -0.3 is 10.1 Å². The molecule has 0 aromatic heterocycles. The van der Waals surface area contributed by atoms with Crippen molar-refractivity contribution in [3.63, 3.8) is 0 Å². The van der Waals surface area contributed by atoms with Crippen LogP contribution in [0.2, 0.25) is 0 Å². The predicted molar refractivity (Wildman–Crippen MR) is 68.6 cm³/mol. The number of rotatable bonds is 7. The molecule has 1 aromatic carbocycles. The molecule has 2 atom stereocenters. The maximum Gasteiger partial charge on any atom is 0.129 e. The molecule has 0 aliphatic carbocycles. The van der Waals surface area contributed by atoms with Gasteiger partial charge in [0.1, 0.15) is 11.6 Å². The summed E-state index contributed by atoms with van der Waals surface area (Å²) in [4.78, 5) is 0. The average Bonchev–Trinajstić information content (AvgIpc) is 2.36. The molecule has 0 bridgehead atoms. The topological polar surface area (TPSA) is 21.3 Å². The Hall–Kier alpha value is -1.00. The molecule has 0 heterocycles. The number of ether oxygens (including phenoxy) is 1. The van der Waals surface area contributed by atoms with E-state index in [1.54, 1.807) is 14.2 Å². The molecule has 1 N–H and O–H groups in total. The third-order valence-electron chi connectivity index (χ3n) is 3.18. The van der Waals surface area contributed by atoms with Gasteiger partial charge in [0.05, 0.1) is 6.10 Å². The van der Waals surface area contributed by atoms with E-state index >= 15 is 0 Å². The van der Waals surface area contributed by atoms with Crippen molar-refractivity contribution < 1.29 is 13.5 Å². The highest BCUT2D eigenvalue weighted by Crippen LogP contribution is 2.17. The molecule has 0 saturated carbocycles. The standard InChI is InChI=1S/C14H21F2NO/c1-4-6-14(18-3)13(17-2)9-10-11(15)7-5-8-12(10)16/h5,7-8,13-14,17H,4,6,9H2,1-3H3. The van der Waals surface area contributed by atoms with E-state index in [1.165, 1.54) is 18.2 Å². The molecule has 2 nitrogen and oxygen atoms in total. The van der Waals surface area contributed by atoms with Crippen molar-refractivity contribution in [1.82, 2.24) is 5.32 Å². The van der Waals surface area contributed by atoms with Gasteiger partial charge in [0.15, 0.2) is 0 Å². The fourth-order valence-corrected chi connectivity index (χ4v) is 2.13. The highest BCUT2D eigenvalue weighted by atomic mass is 19.1. The largest absolute Gasteiger partial charge is 0.380 e. The second-order valence-corrected chi connectivity index (χ2v) is 4.36. The predicted octanol–water partition coefficient (Wildman–Crippen LogP) is 2.91. The van der Waals surface area contributed by atoms with E-state index in [0.29, 0.717) is 0 Å². The lowest BCUT2D eigenvalue weighted by molar-refractivity contribution is 0.0628. The third-order valence-corrected chi connectivity index (χ3v) is 3.18. The van der Waals surface area contributed by atoms with E-state index < -0.39 is 11.6 Å². The maximum absolute atomic E-state index is 13.6. The lowest BCUT2D eigenvalue weighted by atomic mass is 9.97. The fraction of sp³-hybridized carbons (Fsp3) is 0.571. The van der Waals surface area contributed by atoms with Crippen LogP contribution in [-0.4, -0.2) is 26.3 Å². The number of hydrogen-bond acceptors (Lipinski definition) is 2. The quantitative estimate of drug-likeness (QED) is 0.811. The Kier molecular flexibility index (Phi) is 6.22. The first-order valence-electron chi connectivity index (χ1n) is 6.27. The summed E-state index contributed by atoms with van der Waals surface area (Å²) in [7, 11) is 3.41. The zero-order valence-corrected chi connectivity index (χ0v) is 11.2. The number of hydrogen-bond donors (Lipinski definition) is 1. The molecule has 0 aliphatic heterocycles. The van der Waals surface area contributed by atoms with Crippen molar-refractivity contribution >= 4 is 0 Å². The zero-order valence-electron chi connectivity index (χ0n) is 11.2. The molecule has 0 saturated heterocycles. The molecule has 0 radical (unpaired) electrons. The summed E-state index contributed by atoms with van der Waals surface area (Å²) in [6.45, 7) is 2.06. The van der Waals surface area contributed by atoms with Crippen molar-refractivity contribution in [3.05, 3.63) is 35.4 Å². The highest BCUT2D eigenvalue weighted by molar-refractivity contribution is 5.21. The molecular formula is C14H21F2NO. The summed E-state index contributed by atoms with van der Waals surface area (Å²) in [6, 6.07) is 3.85. The number of nitrogens with one attached hydrogen (secondary N) is 1. The minimum Gasteiger partial charge on any atom is -0.380 e. The van der Waals surface area contributed by atoms with Crippen LogP contribution in [0.25, 0.3) is 0 Å². The molecule has 0 fully saturated rings. The summed E-state index contributed by atoms with van der Waals surface area (Å²) in [6.07, 6.45) is 2.07. The first-order valence-corrected chi connectivity index (χ1v) is 6.27. The van der Waals surface area contributed by atoms with Crippen LogP contribution in [0, 0.1) is 11.6 Å². The van der Waals surface area contributed by atoms with Gasteiger partial charge in [-0.05, 0) is 32.0 Å². The van der Waals surface area contributed by atoms with Gasteiger partial charge >= 0.3 is 0 Å². The van der Waals surface area contributed by atoms with E-state index in [1.807, 2.05) is 0 Å². The summed E-state index contributed by atoms with van der Waals surface area (Å²) >= 11 is 0. The Morgan fingerprint density at radius 3 is 2.33 bits per heavy atom. The van der Waals surface area contributed by atoms with Crippen LogP contribution in [0.15, 0.2) is 18.2 Å². The van der Waals surface area contributed by atoms with Crippen LogP contribution in [0.4, 0.5) is 8.78 Å². The lowest BCUT2D eigenvalue weighted by Gasteiger charge is -2.25. The Morgan fingerprint density at radius 1 is 1.28 bits per heavy atom. The smallest absolute Gasteiger partial charge is 0.129 e. The molecule has 102 valence electrons. The van der Waals surface area contributed by atoms with E-state index in [0.717, 1.165) is 12.8 Å². The Balaban J connectivity index is 2.85. The van der Waals surface area contributed by atoms with Crippen molar-refractivity contribution in [3.8, 4) is 0 Å². The van der Waals surface area contributed by atoms with Crippen LogP contribution in [-0.2, 0) is 11.2 Å². The van der Waals surface area contributed by atoms with Crippen molar-refractivity contribution in [2.45, 2.75) is 38.3 Å². The van der Waals surface area contributed by atoms with Crippen LogP contribution in [0.3, 0.4) is 0 Å². The highest BCUT2D eigenvalue weighted by Gasteiger charge is 2.22. The SMILES string of the molecule is CCCC(OC)C(Cc1c(F)cccc1F)NC. The van der Waals surface area contributed by atoms with Gasteiger partial charge in [0.25, 0.3) is 0 Å². The maximum atomic E-state index is 13.6. The molecular weight excluding hydrogens is 236 g/mol. The summed E-state index contributed by atoms with van der Waals surface area (Å²) in [5.74, 6) is -0.997. The molecule has 18 heavy (non-hydrogen) atoms. The second kappa shape index (κ2) is 7.44. The number of methoxy groups -OCH3 is 1. The summed E-state index contributed by atoms with van der Waals surface area (Å²) in [5, 5.41) is 3.08. The Morgan fingerprint density at radius 2 is 1.89 bits per heavy atom. The van der Waals surface area contributed by atoms with Crippen molar-refractivity contribution in [1.29, 1.82) is 0 Å². The number of halogens is 2. The van der Waals surface area contributed by atoms with Gasteiger partial charge in [-0.1, -0.05) is 19.4 Å². The van der Waals surface area contributed by atoms with Gasteiger partial charge in [-0.2, -0.15) is 0 Å². The first-order chi connectivity index (χ1) is 8.63. The number of likely N-dealkylation sites (N-methyl/N-ethyl adjacent to an activating group) is 1. The monoisotopic (exact) mass is 257 g/mol. The molecule has 1 aromatic rings. The lowest BCUT2D eigenvalue weighted by Crippen LogP contribution is -2.41. The van der Waals surface area contributed by atoms with E-state index in [2.05, 4.69) is 12.2 Å². The summed E-state index contributed by atoms with van der Waals surface area (Å²) in [5.41, 5.74) is 0.120. The van der Waals surface area contributed by atoms with Gasteiger partial charge in [-0.25, -0.2) is 8.78 Å². The summed E-state index contributed by atoms with van der Waals surface area (Å²) < 4.78 is 32.6. The Labute approximate surface area is 107 Å². The van der Waals surface area contributed by atoms with Crippen LogP contribution in [0.5, 0.6) is 0 Å². The molecule has 0 aliphatic rings.